The average Bonchev–Trinajstić information content (AvgIpc) is 3.05. The molecule has 4 fully saturated rings. The van der Waals surface area contributed by atoms with Crippen LogP contribution in [0.4, 0.5) is 13.2 Å². The van der Waals surface area contributed by atoms with E-state index >= 15 is 0 Å². The molecule has 2 nitrogen and oxygen atoms in total. The second-order valence-corrected chi connectivity index (χ2v) is 12.1. The van der Waals surface area contributed by atoms with Gasteiger partial charge in [0.1, 0.15) is 0 Å². The third-order valence-electron chi connectivity index (χ3n) is 10.7. The number of hydrogen-bond donors (Lipinski definition) is 2. The van der Waals surface area contributed by atoms with Gasteiger partial charge in [0.2, 0.25) is 0 Å². The summed E-state index contributed by atoms with van der Waals surface area (Å²) >= 11 is 0. The number of rotatable bonds is 4. The van der Waals surface area contributed by atoms with Gasteiger partial charge in [-0.15, -0.1) is 0 Å². The van der Waals surface area contributed by atoms with E-state index < -0.39 is 11.8 Å². The van der Waals surface area contributed by atoms with Crippen LogP contribution in [-0.2, 0) is 0 Å². The Morgan fingerprint density at radius 2 is 1.50 bits per heavy atom. The maximum absolute atomic E-state index is 13.0. The average molecular weight is 461 g/mol. The van der Waals surface area contributed by atoms with E-state index in [2.05, 4.69) is 13.8 Å². The smallest absolute Gasteiger partial charge is 0.393 e. The van der Waals surface area contributed by atoms with Gasteiger partial charge in [0.05, 0.1) is 6.10 Å². The molecule has 0 bridgehead atoms. The Bertz CT molecular complexity index is 633. The van der Waals surface area contributed by atoms with E-state index in [0.29, 0.717) is 29.6 Å². The molecule has 0 spiro atoms. The van der Waals surface area contributed by atoms with Crippen molar-refractivity contribution in [1.29, 1.82) is 0 Å². The molecule has 0 aromatic carbocycles. The molecular formula is C27H47F3O2. The van der Waals surface area contributed by atoms with Crippen LogP contribution in [0.3, 0.4) is 0 Å². The Labute approximate surface area is 193 Å². The zero-order chi connectivity index (χ0) is 23.9. The molecule has 0 radical (unpaired) electrons. The van der Waals surface area contributed by atoms with E-state index in [4.69, 9.17) is 0 Å². The lowest BCUT2D eigenvalue weighted by molar-refractivity contribution is -0.255. The maximum atomic E-state index is 13.0. The van der Waals surface area contributed by atoms with Crippen molar-refractivity contribution in [2.75, 3.05) is 0 Å². The molecule has 188 valence electrons. The van der Waals surface area contributed by atoms with Crippen molar-refractivity contribution in [3.05, 3.63) is 0 Å². The van der Waals surface area contributed by atoms with Gasteiger partial charge in [-0.25, -0.2) is 0 Å². The van der Waals surface area contributed by atoms with Crippen molar-refractivity contribution >= 4 is 0 Å². The largest absolute Gasteiger partial charge is 0.416 e. The first-order chi connectivity index (χ1) is 14.9. The molecular weight excluding hydrogens is 413 g/mol. The van der Waals surface area contributed by atoms with Gasteiger partial charge in [0.15, 0.2) is 5.60 Å². The molecule has 0 aromatic rings. The van der Waals surface area contributed by atoms with Gasteiger partial charge >= 0.3 is 6.18 Å². The number of halogens is 3. The van der Waals surface area contributed by atoms with Gasteiger partial charge in [-0.1, -0.05) is 27.7 Å². The first-order valence-corrected chi connectivity index (χ1v) is 13.4. The Hall–Kier alpha value is -0.290. The van der Waals surface area contributed by atoms with Gasteiger partial charge < -0.3 is 10.2 Å². The fourth-order valence-corrected chi connectivity index (χ4v) is 8.65. The second kappa shape index (κ2) is 9.40. The van der Waals surface area contributed by atoms with Gasteiger partial charge in [-0.3, -0.25) is 0 Å². The second-order valence-electron chi connectivity index (χ2n) is 12.1. The van der Waals surface area contributed by atoms with Crippen LogP contribution in [0, 0.1) is 40.4 Å². The molecule has 2 N–H and O–H groups in total. The summed E-state index contributed by atoms with van der Waals surface area (Å²) in [5.41, 5.74) is -1.95. The number of hydrogen-bond acceptors (Lipinski definition) is 2. The van der Waals surface area contributed by atoms with Gasteiger partial charge in [-0.05, 0) is 124 Å². The quantitative estimate of drug-likeness (QED) is 0.455. The molecule has 5 heteroatoms. The molecule has 9 unspecified atom stereocenters. The van der Waals surface area contributed by atoms with Crippen molar-refractivity contribution in [2.24, 2.45) is 40.4 Å². The summed E-state index contributed by atoms with van der Waals surface area (Å²) < 4.78 is 39.0. The van der Waals surface area contributed by atoms with E-state index in [1.54, 1.807) is 0 Å². The first kappa shape index (κ1) is 26.3. The fraction of sp³-hybridized carbons (Fsp3) is 1.00. The molecule has 0 amide bonds. The molecule has 9 atom stereocenters. The summed E-state index contributed by atoms with van der Waals surface area (Å²) in [6.45, 7) is 9.83. The van der Waals surface area contributed by atoms with Crippen LogP contribution in [0.15, 0.2) is 0 Å². The molecule has 4 saturated carbocycles. The summed E-state index contributed by atoms with van der Waals surface area (Å²) in [6.07, 6.45) is 6.79. The van der Waals surface area contributed by atoms with Crippen LogP contribution in [0.25, 0.3) is 0 Å². The van der Waals surface area contributed by atoms with Gasteiger partial charge in [0, 0.05) is 0 Å². The molecule has 32 heavy (non-hydrogen) atoms. The van der Waals surface area contributed by atoms with E-state index in [1.165, 1.54) is 32.1 Å². The normalized spacial score (nSPS) is 45.6. The minimum atomic E-state index is -4.55. The van der Waals surface area contributed by atoms with Crippen LogP contribution >= 0.6 is 0 Å². The molecule has 0 aromatic heterocycles. The zero-order valence-electron chi connectivity index (χ0n) is 21.0. The summed E-state index contributed by atoms with van der Waals surface area (Å²) in [5.74, 6) is 3.36. The Kier molecular flexibility index (Phi) is 7.73. The lowest BCUT2D eigenvalue weighted by Crippen LogP contribution is -2.53. The van der Waals surface area contributed by atoms with Crippen molar-refractivity contribution < 1.29 is 23.4 Å². The van der Waals surface area contributed by atoms with Gasteiger partial charge in [0.25, 0.3) is 0 Å². The SMILES string of the molecule is CC.CC12CCC3C(CCC4CC(O)CCC43C)C1CCC2CCCC(C)(O)C(F)(F)F. The van der Waals surface area contributed by atoms with Crippen LogP contribution in [0.1, 0.15) is 112 Å². The Morgan fingerprint density at radius 3 is 2.16 bits per heavy atom. The number of fused-ring (bicyclic) bond motifs is 5. The summed E-state index contributed by atoms with van der Waals surface area (Å²) in [7, 11) is 0. The molecule has 0 saturated heterocycles. The molecule has 4 aliphatic rings. The van der Waals surface area contributed by atoms with Crippen LogP contribution in [0.2, 0.25) is 0 Å². The van der Waals surface area contributed by atoms with E-state index in [-0.39, 0.29) is 17.9 Å². The van der Waals surface area contributed by atoms with Crippen LogP contribution in [-0.4, -0.2) is 28.1 Å². The highest BCUT2D eigenvalue weighted by atomic mass is 19.4. The summed E-state index contributed by atoms with van der Waals surface area (Å²) in [6, 6.07) is 0. The van der Waals surface area contributed by atoms with Crippen molar-refractivity contribution in [2.45, 2.75) is 130 Å². The van der Waals surface area contributed by atoms with E-state index in [0.717, 1.165) is 50.9 Å². The molecule has 4 rings (SSSR count). The third-order valence-corrected chi connectivity index (χ3v) is 10.7. The minimum Gasteiger partial charge on any atom is -0.393 e. The highest BCUT2D eigenvalue weighted by Gasteiger charge is 2.60. The van der Waals surface area contributed by atoms with Crippen molar-refractivity contribution in [3.63, 3.8) is 0 Å². The molecule has 0 aliphatic heterocycles. The Balaban J connectivity index is 0.00000141. The van der Waals surface area contributed by atoms with E-state index in [1.807, 2.05) is 13.8 Å². The summed E-state index contributed by atoms with van der Waals surface area (Å²) in [5, 5.41) is 20.0. The van der Waals surface area contributed by atoms with Gasteiger partial charge in [-0.2, -0.15) is 13.2 Å². The predicted octanol–water partition coefficient (Wildman–Crippen LogP) is 7.52. The van der Waals surface area contributed by atoms with Crippen LogP contribution < -0.4 is 0 Å². The molecule has 0 heterocycles. The maximum Gasteiger partial charge on any atom is 0.416 e. The van der Waals surface area contributed by atoms with Crippen LogP contribution in [0.5, 0.6) is 0 Å². The lowest BCUT2D eigenvalue weighted by Gasteiger charge is -2.61. The first-order valence-electron chi connectivity index (χ1n) is 13.4. The lowest BCUT2D eigenvalue weighted by atomic mass is 9.44. The minimum absolute atomic E-state index is 0.113. The standard InChI is InChI=1S/C25H41F3O2.C2H6/c1-22-14-11-21-19(8-6-17-15-18(29)10-13-23(17,21)2)20(22)9-7-16(22)5-4-12-24(3,30)25(26,27)28;1-2/h16-21,29-30H,4-15H2,1-3H3;1-2H3. The number of aliphatic hydroxyl groups excluding tert-OH is 1. The zero-order valence-corrected chi connectivity index (χ0v) is 21.0. The predicted molar refractivity (Wildman–Crippen MR) is 123 cm³/mol. The molecule has 4 aliphatic carbocycles. The van der Waals surface area contributed by atoms with Crippen molar-refractivity contribution in [3.8, 4) is 0 Å². The topological polar surface area (TPSA) is 40.5 Å². The number of alkyl halides is 3. The highest BCUT2D eigenvalue weighted by Crippen LogP contribution is 2.68. The summed E-state index contributed by atoms with van der Waals surface area (Å²) in [4.78, 5) is 0. The highest BCUT2D eigenvalue weighted by molar-refractivity contribution is 5.09. The number of aliphatic hydroxyl groups is 2. The van der Waals surface area contributed by atoms with Crippen molar-refractivity contribution in [1.82, 2.24) is 0 Å². The third kappa shape index (κ3) is 4.51. The Morgan fingerprint density at radius 1 is 0.875 bits per heavy atom. The van der Waals surface area contributed by atoms with E-state index in [9.17, 15) is 23.4 Å². The fourth-order valence-electron chi connectivity index (χ4n) is 8.65. The monoisotopic (exact) mass is 460 g/mol.